The zero-order valence-electron chi connectivity index (χ0n) is 10.5. The Morgan fingerprint density at radius 3 is 2.59 bits per heavy atom. The molecule has 0 spiro atoms. The molecule has 0 radical (unpaired) electrons. The summed E-state index contributed by atoms with van der Waals surface area (Å²) in [5.41, 5.74) is 1.76. The third kappa shape index (κ3) is 2.78. The summed E-state index contributed by atoms with van der Waals surface area (Å²) in [7, 11) is 1.39. The van der Waals surface area contributed by atoms with E-state index in [0.717, 1.165) is 5.75 Å². The Balaban J connectivity index is 2.31. The molecule has 0 heterocycles. The highest BCUT2D eigenvalue weighted by atomic mass is 16.5. The predicted molar refractivity (Wildman–Crippen MR) is 65.5 cm³/mol. The minimum Gasteiger partial charge on any atom is -0.491 e. The van der Waals surface area contributed by atoms with Gasteiger partial charge in [0.2, 0.25) is 0 Å². The van der Waals surface area contributed by atoms with Crippen LogP contribution < -0.4 is 4.74 Å². The first-order valence-electron chi connectivity index (χ1n) is 6.00. The average Bonchev–Trinajstić information content (AvgIpc) is 3.11. The van der Waals surface area contributed by atoms with Crippen molar-refractivity contribution in [1.29, 1.82) is 0 Å². The molecule has 1 aliphatic carbocycles. The molecule has 1 aromatic carbocycles. The van der Waals surface area contributed by atoms with Gasteiger partial charge in [0.05, 0.1) is 18.8 Å². The summed E-state index contributed by atoms with van der Waals surface area (Å²) in [6.07, 6.45) is 2.54. The first kappa shape index (κ1) is 12.0. The van der Waals surface area contributed by atoms with Crippen molar-refractivity contribution in [3.8, 4) is 5.75 Å². The SMILES string of the molecule is COC(=O)c1ccc(C2CC2)c(OC(C)C)c1. The number of carbonyl (C=O) groups excluding carboxylic acids is 1. The summed E-state index contributed by atoms with van der Waals surface area (Å²) < 4.78 is 10.5. The molecule has 1 fully saturated rings. The van der Waals surface area contributed by atoms with Crippen LogP contribution >= 0.6 is 0 Å². The van der Waals surface area contributed by atoms with Crippen LogP contribution in [0.3, 0.4) is 0 Å². The Labute approximate surface area is 102 Å². The minimum absolute atomic E-state index is 0.111. The van der Waals surface area contributed by atoms with Gasteiger partial charge in [-0.15, -0.1) is 0 Å². The molecule has 2 rings (SSSR count). The summed E-state index contributed by atoms with van der Waals surface area (Å²) in [5.74, 6) is 1.11. The number of hydrogen-bond acceptors (Lipinski definition) is 3. The molecular weight excluding hydrogens is 216 g/mol. The smallest absolute Gasteiger partial charge is 0.337 e. The third-order valence-corrected chi connectivity index (χ3v) is 2.81. The van der Waals surface area contributed by atoms with E-state index in [0.29, 0.717) is 11.5 Å². The Morgan fingerprint density at radius 1 is 1.35 bits per heavy atom. The van der Waals surface area contributed by atoms with Crippen molar-refractivity contribution in [2.24, 2.45) is 0 Å². The second kappa shape index (κ2) is 4.78. The van der Waals surface area contributed by atoms with Crippen molar-refractivity contribution in [1.82, 2.24) is 0 Å². The van der Waals surface area contributed by atoms with Crippen LogP contribution in [0.25, 0.3) is 0 Å². The van der Waals surface area contributed by atoms with Crippen LogP contribution in [-0.4, -0.2) is 19.2 Å². The zero-order valence-corrected chi connectivity index (χ0v) is 10.5. The Hall–Kier alpha value is -1.51. The summed E-state index contributed by atoms with van der Waals surface area (Å²) in [6.45, 7) is 3.98. The van der Waals surface area contributed by atoms with Crippen LogP contribution in [0.5, 0.6) is 5.75 Å². The molecule has 3 nitrogen and oxygen atoms in total. The second-order valence-electron chi connectivity index (χ2n) is 4.69. The average molecular weight is 234 g/mol. The van der Waals surface area contributed by atoms with Gasteiger partial charge in [0.1, 0.15) is 5.75 Å². The number of benzene rings is 1. The van der Waals surface area contributed by atoms with Gasteiger partial charge < -0.3 is 9.47 Å². The monoisotopic (exact) mass is 234 g/mol. The Morgan fingerprint density at radius 2 is 2.06 bits per heavy atom. The van der Waals surface area contributed by atoms with Gasteiger partial charge in [-0.2, -0.15) is 0 Å². The van der Waals surface area contributed by atoms with Gasteiger partial charge in [0.25, 0.3) is 0 Å². The fraction of sp³-hybridized carbons (Fsp3) is 0.500. The minimum atomic E-state index is -0.319. The summed E-state index contributed by atoms with van der Waals surface area (Å²) >= 11 is 0. The Bertz CT molecular complexity index is 419. The van der Waals surface area contributed by atoms with Crippen molar-refractivity contribution >= 4 is 5.97 Å². The maximum absolute atomic E-state index is 11.5. The number of esters is 1. The highest BCUT2D eigenvalue weighted by Crippen LogP contribution is 2.44. The van der Waals surface area contributed by atoms with Gasteiger partial charge in [-0.1, -0.05) is 6.07 Å². The molecule has 17 heavy (non-hydrogen) atoms. The topological polar surface area (TPSA) is 35.5 Å². The van der Waals surface area contributed by atoms with Crippen LogP contribution in [0.4, 0.5) is 0 Å². The molecule has 92 valence electrons. The lowest BCUT2D eigenvalue weighted by Crippen LogP contribution is -2.09. The van der Waals surface area contributed by atoms with Gasteiger partial charge in [0, 0.05) is 0 Å². The van der Waals surface area contributed by atoms with E-state index in [9.17, 15) is 4.79 Å². The maximum atomic E-state index is 11.5. The zero-order chi connectivity index (χ0) is 12.4. The van der Waals surface area contributed by atoms with E-state index in [-0.39, 0.29) is 12.1 Å². The summed E-state index contributed by atoms with van der Waals surface area (Å²) in [6, 6.07) is 5.59. The molecule has 3 heteroatoms. The van der Waals surface area contributed by atoms with Gasteiger partial charge in [-0.05, 0) is 50.3 Å². The molecule has 0 bridgehead atoms. The van der Waals surface area contributed by atoms with E-state index in [4.69, 9.17) is 9.47 Å². The summed E-state index contributed by atoms with van der Waals surface area (Å²) in [4.78, 5) is 11.5. The highest BCUT2D eigenvalue weighted by Gasteiger charge is 2.27. The second-order valence-corrected chi connectivity index (χ2v) is 4.69. The first-order chi connectivity index (χ1) is 8.11. The van der Waals surface area contributed by atoms with E-state index in [2.05, 4.69) is 0 Å². The van der Waals surface area contributed by atoms with E-state index >= 15 is 0 Å². The van der Waals surface area contributed by atoms with Gasteiger partial charge in [0.15, 0.2) is 0 Å². The molecular formula is C14H18O3. The lowest BCUT2D eigenvalue weighted by Gasteiger charge is -2.15. The summed E-state index contributed by atoms with van der Waals surface area (Å²) in [5, 5.41) is 0. The van der Waals surface area contributed by atoms with Crippen molar-refractivity contribution in [3.63, 3.8) is 0 Å². The number of rotatable bonds is 4. The van der Waals surface area contributed by atoms with Gasteiger partial charge in [-0.25, -0.2) is 4.79 Å². The quantitative estimate of drug-likeness (QED) is 0.751. The van der Waals surface area contributed by atoms with Crippen LogP contribution in [0.1, 0.15) is 48.5 Å². The number of methoxy groups -OCH3 is 1. The normalized spacial score (nSPS) is 14.8. The molecule has 1 aliphatic rings. The van der Waals surface area contributed by atoms with Crippen LogP contribution in [-0.2, 0) is 4.74 Å². The number of hydrogen-bond donors (Lipinski definition) is 0. The largest absolute Gasteiger partial charge is 0.491 e. The van der Waals surface area contributed by atoms with Gasteiger partial charge in [-0.3, -0.25) is 0 Å². The fourth-order valence-corrected chi connectivity index (χ4v) is 1.87. The van der Waals surface area contributed by atoms with E-state index in [1.165, 1.54) is 25.5 Å². The molecule has 1 aromatic rings. The predicted octanol–water partition coefficient (Wildman–Crippen LogP) is 3.14. The first-order valence-corrected chi connectivity index (χ1v) is 6.00. The van der Waals surface area contributed by atoms with Crippen LogP contribution in [0.2, 0.25) is 0 Å². The van der Waals surface area contributed by atoms with Crippen molar-refractivity contribution < 1.29 is 14.3 Å². The number of carbonyl (C=O) groups is 1. The van der Waals surface area contributed by atoms with Gasteiger partial charge >= 0.3 is 5.97 Å². The molecule has 0 atom stereocenters. The molecule has 0 amide bonds. The van der Waals surface area contributed by atoms with E-state index in [1.807, 2.05) is 26.0 Å². The number of ether oxygens (including phenoxy) is 2. The lowest BCUT2D eigenvalue weighted by molar-refractivity contribution is 0.0600. The third-order valence-electron chi connectivity index (χ3n) is 2.81. The van der Waals surface area contributed by atoms with E-state index < -0.39 is 0 Å². The van der Waals surface area contributed by atoms with Crippen molar-refractivity contribution in [3.05, 3.63) is 29.3 Å². The van der Waals surface area contributed by atoms with E-state index in [1.54, 1.807) is 6.07 Å². The highest BCUT2D eigenvalue weighted by molar-refractivity contribution is 5.90. The van der Waals surface area contributed by atoms with Crippen LogP contribution in [0.15, 0.2) is 18.2 Å². The van der Waals surface area contributed by atoms with Crippen molar-refractivity contribution in [2.75, 3.05) is 7.11 Å². The van der Waals surface area contributed by atoms with Crippen molar-refractivity contribution in [2.45, 2.75) is 38.7 Å². The maximum Gasteiger partial charge on any atom is 0.337 e. The molecule has 0 aliphatic heterocycles. The lowest BCUT2D eigenvalue weighted by atomic mass is 10.1. The molecule has 0 saturated heterocycles. The fourth-order valence-electron chi connectivity index (χ4n) is 1.87. The Kier molecular flexibility index (Phi) is 3.36. The molecule has 0 unspecified atom stereocenters. The molecule has 0 N–H and O–H groups in total. The standard InChI is InChI=1S/C14H18O3/c1-9(2)17-13-8-11(14(15)16-3)6-7-12(13)10-4-5-10/h6-10H,4-5H2,1-3H3. The molecule has 0 aromatic heterocycles. The van der Waals surface area contributed by atoms with Crippen LogP contribution in [0, 0.1) is 0 Å². The molecule has 1 saturated carbocycles.